The highest BCUT2D eigenvalue weighted by Gasteiger charge is 2.37. The van der Waals surface area contributed by atoms with Crippen molar-refractivity contribution in [2.24, 2.45) is 11.5 Å². The van der Waals surface area contributed by atoms with E-state index in [4.69, 9.17) is 21.1 Å². The Labute approximate surface area is 117 Å². The smallest absolute Gasteiger partial charge is 0.404 e. The van der Waals surface area contributed by atoms with Crippen LogP contribution in [-0.2, 0) is 14.4 Å². The van der Waals surface area contributed by atoms with Gasteiger partial charge in [-0.1, -0.05) is 0 Å². The van der Waals surface area contributed by atoms with Crippen molar-refractivity contribution in [1.82, 2.24) is 0 Å². The number of carboxylic acids is 3. The monoisotopic (exact) mass is 318 g/mol. The molecule has 0 amide bonds. The summed E-state index contributed by atoms with van der Waals surface area (Å²) in [4.78, 5) is 29.7. The molecule has 0 aliphatic rings. The summed E-state index contributed by atoms with van der Waals surface area (Å²) in [6.45, 7) is 0. The van der Waals surface area contributed by atoms with Gasteiger partial charge in [0, 0.05) is 12.5 Å². The molecule has 7 N–H and O–H groups in total. The fourth-order valence-electron chi connectivity index (χ4n) is 0.939. The average Bonchev–Trinajstić information content (AvgIpc) is 2.24. The number of alkyl halides is 3. The molecule has 2 unspecified atom stereocenters. The van der Waals surface area contributed by atoms with Crippen molar-refractivity contribution in [3.63, 3.8) is 0 Å². The van der Waals surface area contributed by atoms with Crippen LogP contribution in [0.3, 0.4) is 0 Å². The van der Waals surface area contributed by atoms with E-state index in [2.05, 4.69) is 5.73 Å². The van der Waals surface area contributed by atoms with Gasteiger partial charge in [0.1, 0.15) is 6.04 Å². The highest BCUT2D eigenvalue weighted by atomic mass is 19.4. The second-order valence-electron chi connectivity index (χ2n) is 4.04. The van der Waals surface area contributed by atoms with Crippen LogP contribution in [0.1, 0.15) is 25.7 Å². The van der Waals surface area contributed by atoms with E-state index in [1.54, 1.807) is 0 Å². The van der Waals surface area contributed by atoms with E-state index in [-0.39, 0.29) is 19.3 Å². The molecule has 0 aliphatic carbocycles. The van der Waals surface area contributed by atoms with Gasteiger partial charge in [-0.2, -0.15) is 13.2 Å². The van der Waals surface area contributed by atoms with Crippen molar-refractivity contribution < 1.29 is 42.9 Å². The third-order valence-electron chi connectivity index (χ3n) is 1.98. The molecule has 0 aromatic rings. The fourth-order valence-corrected chi connectivity index (χ4v) is 0.939. The lowest BCUT2D eigenvalue weighted by Crippen LogP contribution is -2.38. The molecule has 0 saturated carbocycles. The maximum atomic E-state index is 11.4. The van der Waals surface area contributed by atoms with E-state index in [1.165, 1.54) is 0 Å². The molecule has 0 fully saturated rings. The van der Waals surface area contributed by atoms with Crippen LogP contribution in [0.2, 0.25) is 0 Å². The van der Waals surface area contributed by atoms with Gasteiger partial charge in [-0.25, -0.2) is 0 Å². The largest absolute Gasteiger partial charge is 0.481 e. The van der Waals surface area contributed by atoms with Crippen LogP contribution in [0.5, 0.6) is 0 Å². The van der Waals surface area contributed by atoms with Crippen LogP contribution in [0.25, 0.3) is 0 Å². The summed E-state index contributed by atoms with van der Waals surface area (Å²) in [5.41, 5.74) is 9.72. The Hall–Kier alpha value is -1.88. The van der Waals surface area contributed by atoms with E-state index in [9.17, 15) is 27.6 Å². The van der Waals surface area contributed by atoms with Crippen molar-refractivity contribution in [3.05, 3.63) is 0 Å². The van der Waals surface area contributed by atoms with Crippen molar-refractivity contribution >= 4 is 17.9 Å². The first-order valence-corrected chi connectivity index (χ1v) is 5.59. The fraction of sp³-hybridized carbons (Fsp3) is 0.700. The minimum absolute atomic E-state index is 0.0750. The van der Waals surface area contributed by atoms with Gasteiger partial charge in [0.05, 0.1) is 12.8 Å². The van der Waals surface area contributed by atoms with Crippen molar-refractivity contribution in [2.75, 3.05) is 0 Å². The first-order chi connectivity index (χ1) is 9.36. The maximum Gasteiger partial charge on any atom is 0.404 e. The zero-order chi connectivity index (χ0) is 17.2. The summed E-state index contributed by atoms with van der Waals surface area (Å²) in [7, 11) is 0. The third kappa shape index (κ3) is 16.1. The van der Waals surface area contributed by atoms with E-state index in [0.717, 1.165) is 0 Å². The molecule has 0 aliphatic heterocycles. The van der Waals surface area contributed by atoms with E-state index in [1.807, 2.05) is 0 Å². The first-order valence-electron chi connectivity index (χ1n) is 5.59. The standard InChI is InChI=1S/C6H11NO4.C4H6F3NO2/c7-4(3-6(10)11)1-2-5(8)9;5-4(6,7)2(8)1-3(9)10/h4H,1-3,7H2,(H,8,9)(H,10,11);2H,1,8H2,(H,9,10). The van der Waals surface area contributed by atoms with Crippen LogP contribution in [0, 0.1) is 0 Å². The predicted octanol–water partition coefficient (Wildman–Crippen LogP) is 0.00390. The summed E-state index contributed by atoms with van der Waals surface area (Å²) in [6.07, 6.45) is -5.73. The first kappa shape index (κ1) is 21.4. The van der Waals surface area contributed by atoms with E-state index < -0.39 is 42.6 Å². The van der Waals surface area contributed by atoms with Gasteiger partial charge in [0.25, 0.3) is 0 Å². The van der Waals surface area contributed by atoms with Gasteiger partial charge >= 0.3 is 24.1 Å². The molecule has 21 heavy (non-hydrogen) atoms. The summed E-state index contributed by atoms with van der Waals surface area (Å²) >= 11 is 0. The molecule has 0 saturated heterocycles. The lowest BCUT2D eigenvalue weighted by molar-refractivity contribution is -0.161. The summed E-state index contributed by atoms with van der Waals surface area (Å²) in [5.74, 6) is -3.50. The number of rotatable bonds is 7. The zero-order valence-electron chi connectivity index (χ0n) is 10.8. The summed E-state index contributed by atoms with van der Waals surface area (Å²) < 4.78 is 34.3. The van der Waals surface area contributed by atoms with Gasteiger partial charge < -0.3 is 26.8 Å². The molecule has 0 radical (unpaired) electrons. The molecule has 0 aromatic carbocycles. The maximum absolute atomic E-state index is 11.4. The second kappa shape index (κ2) is 9.94. The van der Waals surface area contributed by atoms with Crippen molar-refractivity contribution in [2.45, 2.75) is 43.9 Å². The van der Waals surface area contributed by atoms with Gasteiger partial charge in [-0.05, 0) is 6.42 Å². The van der Waals surface area contributed by atoms with Crippen molar-refractivity contribution in [3.8, 4) is 0 Å². The quantitative estimate of drug-likeness (QED) is 0.438. The molecule has 11 heteroatoms. The number of hydrogen-bond donors (Lipinski definition) is 5. The molecule has 0 bridgehead atoms. The van der Waals surface area contributed by atoms with Crippen LogP contribution in [-0.4, -0.2) is 51.5 Å². The van der Waals surface area contributed by atoms with Crippen LogP contribution in [0.15, 0.2) is 0 Å². The number of nitrogens with two attached hydrogens (primary N) is 2. The molecular weight excluding hydrogens is 301 g/mol. The van der Waals surface area contributed by atoms with Crippen molar-refractivity contribution in [1.29, 1.82) is 0 Å². The second-order valence-corrected chi connectivity index (χ2v) is 4.04. The highest BCUT2D eigenvalue weighted by molar-refractivity contribution is 5.68. The Morgan fingerprint density at radius 2 is 1.33 bits per heavy atom. The minimum Gasteiger partial charge on any atom is -0.481 e. The molecular formula is C10H17F3N2O6. The zero-order valence-corrected chi connectivity index (χ0v) is 10.8. The van der Waals surface area contributed by atoms with Crippen LogP contribution in [0.4, 0.5) is 13.2 Å². The van der Waals surface area contributed by atoms with Crippen LogP contribution >= 0.6 is 0 Å². The van der Waals surface area contributed by atoms with E-state index >= 15 is 0 Å². The number of hydrogen-bond acceptors (Lipinski definition) is 5. The normalized spacial score (nSPS) is 13.6. The lowest BCUT2D eigenvalue weighted by Gasteiger charge is -2.12. The lowest BCUT2D eigenvalue weighted by atomic mass is 10.1. The minimum atomic E-state index is -4.61. The number of carbonyl (C=O) groups is 3. The molecule has 124 valence electrons. The highest BCUT2D eigenvalue weighted by Crippen LogP contribution is 2.20. The predicted molar refractivity (Wildman–Crippen MR) is 63.4 cm³/mol. The molecule has 0 rings (SSSR count). The Morgan fingerprint density at radius 3 is 1.57 bits per heavy atom. The molecule has 0 spiro atoms. The third-order valence-corrected chi connectivity index (χ3v) is 1.98. The van der Waals surface area contributed by atoms with Gasteiger partial charge in [-0.15, -0.1) is 0 Å². The topological polar surface area (TPSA) is 164 Å². The Balaban J connectivity index is 0. The summed E-state index contributed by atoms with van der Waals surface area (Å²) in [6, 6.07) is -2.81. The van der Waals surface area contributed by atoms with E-state index in [0.29, 0.717) is 0 Å². The average molecular weight is 318 g/mol. The molecule has 0 aromatic heterocycles. The summed E-state index contributed by atoms with van der Waals surface area (Å²) in [5, 5.41) is 24.3. The molecule has 2 atom stereocenters. The van der Waals surface area contributed by atoms with Gasteiger partial charge in [0.15, 0.2) is 0 Å². The van der Waals surface area contributed by atoms with Gasteiger partial charge in [0.2, 0.25) is 0 Å². The molecule has 0 heterocycles. The van der Waals surface area contributed by atoms with Gasteiger partial charge in [-0.3, -0.25) is 14.4 Å². The van der Waals surface area contributed by atoms with Crippen LogP contribution < -0.4 is 11.5 Å². The number of halogens is 3. The SMILES string of the molecule is NC(CC(=O)O)C(F)(F)F.NC(CCC(=O)O)CC(=O)O. The Bertz CT molecular complexity index is 361. The Kier molecular flexibility index (Phi) is 10.1. The Morgan fingerprint density at radius 1 is 0.905 bits per heavy atom. The number of carboxylic acid groups (broad SMARTS) is 3. The number of aliphatic carboxylic acids is 3. The molecule has 8 nitrogen and oxygen atoms in total.